The van der Waals surface area contributed by atoms with Gasteiger partial charge in [-0.3, -0.25) is 9.88 Å². The van der Waals surface area contributed by atoms with E-state index in [0.717, 1.165) is 38.2 Å². The minimum atomic E-state index is -0.389. The first-order valence-electron chi connectivity index (χ1n) is 7.79. The third kappa shape index (κ3) is 2.73. The van der Waals surface area contributed by atoms with Crippen molar-refractivity contribution in [3.8, 4) is 0 Å². The molecule has 0 bridgehead atoms. The average Bonchev–Trinajstić information content (AvgIpc) is 2.48. The number of nitrogens with zero attached hydrogens (tertiary/aromatic N) is 2. The zero-order valence-corrected chi connectivity index (χ0v) is 12.1. The predicted octanol–water partition coefficient (Wildman–Crippen LogP) is 1.67. The van der Waals surface area contributed by atoms with Gasteiger partial charge in [0.25, 0.3) is 0 Å². The van der Waals surface area contributed by atoms with Crippen molar-refractivity contribution in [2.24, 2.45) is 11.7 Å². The monoisotopic (exact) mass is 275 g/mol. The van der Waals surface area contributed by atoms with Crippen LogP contribution in [0.5, 0.6) is 0 Å². The van der Waals surface area contributed by atoms with Crippen LogP contribution in [0, 0.1) is 5.92 Å². The molecular weight excluding hydrogens is 250 g/mol. The molecular formula is C16H25N3O. The number of likely N-dealkylation sites (tertiary alicyclic amines) is 1. The molecule has 4 nitrogen and oxygen atoms in total. The molecule has 110 valence electrons. The molecule has 1 aromatic rings. The van der Waals surface area contributed by atoms with Gasteiger partial charge in [-0.25, -0.2) is 0 Å². The van der Waals surface area contributed by atoms with Crippen molar-refractivity contribution in [3.05, 3.63) is 29.6 Å². The van der Waals surface area contributed by atoms with E-state index in [2.05, 4.69) is 16.0 Å². The molecule has 2 aliphatic rings. The molecule has 0 aromatic carbocycles. The molecule has 3 N–H and O–H groups in total. The molecule has 3 rings (SSSR count). The van der Waals surface area contributed by atoms with E-state index in [1.54, 1.807) is 0 Å². The van der Waals surface area contributed by atoms with Gasteiger partial charge >= 0.3 is 0 Å². The lowest BCUT2D eigenvalue weighted by molar-refractivity contribution is -0.0968. The van der Waals surface area contributed by atoms with Crippen molar-refractivity contribution >= 4 is 0 Å². The summed E-state index contributed by atoms with van der Waals surface area (Å²) in [6, 6.07) is 4.10. The molecule has 1 saturated heterocycles. The summed E-state index contributed by atoms with van der Waals surface area (Å²) in [6.45, 7) is 3.39. The molecule has 0 amide bonds. The van der Waals surface area contributed by atoms with Gasteiger partial charge in [0, 0.05) is 38.3 Å². The minimum Gasteiger partial charge on any atom is -0.390 e. The lowest BCUT2D eigenvalue weighted by Crippen LogP contribution is -2.53. The predicted molar refractivity (Wildman–Crippen MR) is 78.9 cm³/mol. The van der Waals surface area contributed by atoms with Crippen LogP contribution in [0.15, 0.2) is 18.3 Å². The van der Waals surface area contributed by atoms with Gasteiger partial charge in [0.1, 0.15) is 0 Å². The standard InChI is InChI=1S/C16H25N3O/c17-10-15-13(4-3-8-18-15)11-19-9-7-16(20)6-2-1-5-14(16)12-19/h3-4,8,14,20H,1-2,5-7,9-12,17H2. The topological polar surface area (TPSA) is 62.4 Å². The van der Waals surface area contributed by atoms with Gasteiger partial charge < -0.3 is 10.8 Å². The Morgan fingerprint density at radius 1 is 1.40 bits per heavy atom. The van der Waals surface area contributed by atoms with E-state index in [1.165, 1.54) is 24.8 Å². The number of piperidine rings is 1. The Labute approximate surface area is 121 Å². The molecule has 0 radical (unpaired) electrons. The quantitative estimate of drug-likeness (QED) is 0.881. The highest BCUT2D eigenvalue weighted by molar-refractivity contribution is 5.19. The van der Waals surface area contributed by atoms with Crippen LogP contribution in [0.4, 0.5) is 0 Å². The summed E-state index contributed by atoms with van der Waals surface area (Å²) in [5, 5.41) is 10.7. The normalized spacial score (nSPS) is 31.0. The van der Waals surface area contributed by atoms with Gasteiger partial charge in [-0.2, -0.15) is 0 Å². The molecule has 2 atom stereocenters. The van der Waals surface area contributed by atoms with Gasteiger partial charge in [0.2, 0.25) is 0 Å². The maximum Gasteiger partial charge on any atom is 0.0700 e. The number of nitrogens with two attached hydrogens (primary N) is 1. The van der Waals surface area contributed by atoms with Crippen LogP contribution in [0.3, 0.4) is 0 Å². The summed E-state index contributed by atoms with van der Waals surface area (Å²) < 4.78 is 0. The second-order valence-electron chi connectivity index (χ2n) is 6.34. The molecule has 20 heavy (non-hydrogen) atoms. The number of aliphatic hydroxyl groups is 1. The summed E-state index contributed by atoms with van der Waals surface area (Å²) in [5.74, 6) is 0.447. The van der Waals surface area contributed by atoms with E-state index in [9.17, 15) is 5.11 Å². The summed E-state index contributed by atoms with van der Waals surface area (Å²) in [5.41, 5.74) is 7.60. The van der Waals surface area contributed by atoms with Crippen LogP contribution >= 0.6 is 0 Å². The lowest BCUT2D eigenvalue weighted by atomic mass is 9.71. The average molecular weight is 275 g/mol. The second-order valence-corrected chi connectivity index (χ2v) is 6.34. The number of hydrogen-bond donors (Lipinski definition) is 2. The van der Waals surface area contributed by atoms with Crippen molar-refractivity contribution in [2.75, 3.05) is 13.1 Å². The fourth-order valence-corrected chi connectivity index (χ4v) is 3.82. The van der Waals surface area contributed by atoms with E-state index >= 15 is 0 Å². The van der Waals surface area contributed by atoms with E-state index in [0.29, 0.717) is 12.5 Å². The summed E-state index contributed by atoms with van der Waals surface area (Å²) in [6.07, 6.45) is 7.34. The maximum atomic E-state index is 10.7. The molecule has 1 aliphatic heterocycles. The van der Waals surface area contributed by atoms with Crippen LogP contribution in [0.1, 0.15) is 43.4 Å². The Kier molecular flexibility index (Phi) is 4.06. The van der Waals surface area contributed by atoms with Gasteiger partial charge in [-0.1, -0.05) is 18.9 Å². The third-order valence-corrected chi connectivity index (χ3v) is 5.08. The Morgan fingerprint density at radius 2 is 2.30 bits per heavy atom. The van der Waals surface area contributed by atoms with Gasteiger partial charge in [-0.05, 0) is 30.9 Å². The van der Waals surface area contributed by atoms with E-state index in [4.69, 9.17) is 5.73 Å². The Balaban J connectivity index is 1.67. The molecule has 1 aromatic heterocycles. The van der Waals surface area contributed by atoms with Crippen LogP contribution in [-0.4, -0.2) is 33.7 Å². The van der Waals surface area contributed by atoms with Gasteiger partial charge in [-0.15, -0.1) is 0 Å². The largest absolute Gasteiger partial charge is 0.390 e. The van der Waals surface area contributed by atoms with Crippen molar-refractivity contribution in [2.45, 2.75) is 50.8 Å². The van der Waals surface area contributed by atoms with E-state index < -0.39 is 0 Å². The fourth-order valence-electron chi connectivity index (χ4n) is 3.82. The second kappa shape index (κ2) is 5.80. The number of rotatable bonds is 3. The first kappa shape index (κ1) is 14.0. The van der Waals surface area contributed by atoms with Gasteiger partial charge in [0.05, 0.1) is 11.3 Å². The van der Waals surface area contributed by atoms with Crippen molar-refractivity contribution in [3.63, 3.8) is 0 Å². The number of hydrogen-bond acceptors (Lipinski definition) is 4. The highest BCUT2D eigenvalue weighted by Gasteiger charge is 2.42. The zero-order chi connectivity index (χ0) is 14.0. The summed E-state index contributed by atoms with van der Waals surface area (Å²) in [4.78, 5) is 6.82. The molecule has 2 unspecified atom stereocenters. The van der Waals surface area contributed by atoms with Crippen LogP contribution in [0.25, 0.3) is 0 Å². The van der Waals surface area contributed by atoms with Crippen LogP contribution < -0.4 is 5.73 Å². The van der Waals surface area contributed by atoms with Crippen molar-refractivity contribution in [1.29, 1.82) is 0 Å². The first-order chi connectivity index (χ1) is 9.71. The number of pyridine rings is 1. The van der Waals surface area contributed by atoms with Crippen molar-refractivity contribution < 1.29 is 5.11 Å². The number of aromatic nitrogens is 1. The molecule has 2 fully saturated rings. The van der Waals surface area contributed by atoms with Gasteiger partial charge in [0.15, 0.2) is 0 Å². The van der Waals surface area contributed by atoms with Crippen molar-refractivity contribution in [1.82, 2.24) is 9.88 Å². The Morgan fingerprint density at radius 3 is 3.15 bits per heavy atom. The molecule has 4 heteroatoms. The fraction of sp³-hybridized carbons (Fsp3) is 0.688. The Bertz CT molecular complexity index is 465. The lowest BCUT2D eigenvalue weighted by Gasteiger charge is -2.47. The van der Waals surface area contributed by atoms with Crippen LogP contribution in [-0.2, 0) is 13.1 Å². The molecule has 2 heterocycles. The van der Waals surface area contributed by atoms with Crippen LogP contribution in [0.2, 0.25) is 0 Å². The van der Waals surface area contributed by atoms with E-state index in [1.807, 2.05) is 12.3 Å². The zero-order valence-electron chi connectivity index (χ0n) is 12.1. The molecule has 0 spiro atoms. The Hall–Kier alpha value is -0.970. The highest BCUT2D eigenvalue weighted by atomic mass is 16.3. The summed E-state index contributed by atoms with van der Waals surface area (Å²) >= 11 is 0. The smallest absolute Gasteiger partial charge is 0.0700 e. The minimum absolute atomic E-state index is 0.389. The highest BCUT2D eigenvalue weighted by Crippen LogP contribution is 2.40. The molecule has 1 saturated carbocycles. The first-order valence-corrected chi connectivity index (χ1v) is 7.79. The maximum absolute atomic E-state index is 10.7. The van der Waals surface area contributed by atoms with E-state index in [-0.39, 0.29) is 5.60 Å². The summed E-state index contributed by atoms with van der Waals surface area (Å²) in [7, 11) is 0. The SMILES string of the molecule is NCc1ncccc1CN1CCC2(O)CCCCC2C1. The third-order valence-electron chi connectivity index (χ3n) is 5.08. The number of fused-ring (bicyclic) bond motifs is 1. The molecule has 1 aliphatic carbocycles.